The fourth-order valence-corrected chi connectivity index (χ4v) is 1.45. The Balaban J connectivity index is 2.14. The summed E-state index contributed by atoms with van der Waals surface area (Å²) in [4.78, 5) is 11.7. The largest absolute Gasteiger partial charge is 0.325 e. The lowest BCUT2D eigenvalue weighted by atomic mass is 10.1. The lowest BCUT2D eigenvalue weighted by molar-refractivity contribution is -0.119. The van der Waals surface area contributed by atoms with E-state index in [1.165, 1.54) is 0 Å². The summed E-state index contributed by atoms with van der Waals surface area (Å²) in [6.07, 6.45) is 6.54. The Bertz CT molecular complexity index is 515. The molecule has 1 aromatic rings. The summed E-state index contributed by atoms with van der Waals surface area (Å²) in [6, 6.07) is 9.08. The lowest BCUT2D eigenvalue weighted by Gasteiger charge is -2.08. The van der Waals surface area contributed by atoms with Crippen LogP contribution in [0.4, 0.5) is 5.69 Å². The predicted octanol–water partition coefficient (Wildman–Crippen LogP) is 1.91. The van der Waals surface area contributed by atoms with E-state index in [4.69, 9.17) is 11.7 Å². The molecule has 2 rings (SSSR count). The van der Waals surface area contributed by atoms with E-state index < -0.39 is 5.41 Å². The third kappa shape index (κ3) is 1.76. The van der Waals surface area contributed by atoms with E-state index in [-0.39, 0.29) is 5.91 Å². The van der Waals surface area contributed by atoms with E-state index >= 15 is 0 Å². The first kappa shape index (κ1) is 10.3. The third-order valence-electron chi connectivity index (χ3n) is 2.69. The minimum Gasteiger partial charge on any atom is -0.325 e. The summed E-state index contributed by atoms with van der Waals surface area (Å²) in [6.45, 7) is 0. The molecule has 0 bridgehead atoms. The minimum atomic E-state index is -0.799. The van der Waals surface area contributed by atoms with Gasteiger partial charge >= 0.3 is 0 Å². The third-order valence-corrected chi connectivity index (χ3v) is 2.69. The van der Waals surface area contributed by atoms with Gasteiger partial charge in [0.15, 0.2) is 0 Å². The second-order valence-electron chi connectivity index (χ2n) is 3.87. The number of nitriles is 1. The second-order valence-corrected chi connectivity index (χ2v) is 3.87. The zero-order chi connectivity index (χ0) is 11.6. The van der Waals surface area contributed by atoms with Crippen molar-refractivity contribution in [2.75, 3.05) is 5.32 Å². The highest BCUT2D eigenvalue weighted by Crippen LogP contribution is 2.45. The monoisotopic (exact) mass is 210 g/mol. The maximum Gasteiger partial charge on any atom is 0.244 e. The van der Waals surface area contributed by atoms with Crippen LogP contribution in [0.25, 0.3) is 0 Å². The van der Waals surface area contributed by atoms with Crippen LogP contribution >= 0.6 is 0 Å². The first-order valence-corrected chi connectivity index (χ1v) is 4.99. The molecule has 0 aliphatic heterocycles. The molecule has 3 heteroatoms. The van der Waals surface area contributed by atoms with Crippen molar-refractivity contribution in [2.45, 2.75) is 12.8 Å². The van der Waals surface area contributed by atoms with Gasteiger partial charge in [0.1, 0.15) is 5.41 Å². The standard InChI is InChI=1S/C13H10N2O/c1-2-10-4-3-5-11(8-10)15-12(16)13(9-14)6-7-13/h1,3-5,8H,6-7H2,(H,15,16). The van der Waals surface area contributed by atoms with Gasteiger partial charge in [0.25, 0.3) is 0 Å². The SMILES string of the molecule is C#Cc1cccc(NC(=O)C2(C#N)CC2)c1. The van der Waals surface area contributed by atoms with E-state index in [0.717, 1.165) is 0 Å². The van der Waals surface area contributed by atoms with Crippen LogP contribution in [0.15, 0.2) is 24.3 Å². The van der Waals surface area contributed by atoms with E-state index in [1.807, 2.05) is 6.07 Å². The van der Waals surface area contributed by atoms with Gasteiger partial charge < -0.3 is 5.32 Å². The maximum atomic E-state index is 11.7. The van der Waals surface area contributed by atoms with Crippen molar-refractivity contribution in [1.82, 2.24) is 0 Å². The van der Waals surface area contributed by atoms with Crippen LogP contribution in [0.5, 0.6) is 0 Å². The van der Waals surface area contributed by atoms with E-state index in [0.29, 0.717) is 24.1 Å². The zero-order valence-corrected chi connectivity index (χ0v) is 8.66. The molecule has 1 aliphatic carbocycles. The molecule has 1 aliphatic rings. The van der Waals surface area contributed by atoms with Crippen LogP contribution in [0, 0.1) is 29.1 Å². The molecule has 3 nitrogen and oxygen atoms in total. The van der Waals surface area contributed by atoms with Gasteiger partial charge in [-0.25, -0.2) is 0 Å². The Morgan fingerprint density at radius 2 is 2.25 bits per heavy atom. The summed E-state index contributed by atoms with van der Waals surface area (Å²) in [5.74, 6) is 2.26. The molecule has 0 saturated heterocycles. The number of nitrogens with one attached hydrogen (secondary N) is 1. The molecular weight excluding hydrogens is 200 g/mol. The van der Waals surface area contributed by atoms with Gasteiger partial charge in [0, 0.05) is 11.3 Å². The molecule has 1 aromatic carbocycles. The van der Waals surface area contributed by atoms with Crippen LogP contribution in [-0.4, -0.2) is 5.91 Å². The summed E-state index contributed by atoms with van der Waals surface area (Å²) < 4.78 is 0. The molecule has 78 valence electrons. The van der Waals surface area contributed by atoms with Crippen molar-refractivity contribution in [3.63, 3.8) is 0 Å². The number of hydrogen-bond donors (Lipinski definition) is 1. The van der Waals surface area contributed by atoms with Crippen molar-refractivity contribution in [1.29, 1.82) is 5.26 Å². The van der Waals surface area contributed by atoms with Gasteiger partial charge in [-0.3, -0.25) is 4.79 Å². The molecule has 0 unspecified atom stereocenters. The Kier molecular flexibility index (Phi) is 2.38. The number of rotatable bonds is 2. The van der Waals surface area contributed by atoms with Gasteiger partial charge in [-0.05, 0) is 31.0 Å². The highest BCUT2D eigenvalue weighted by molar-refractivity contribution is 5.99. The number of carbonyl (C=O) groups is 1. The van der Waals surface area contributed by atoms with Crippen LogP contribution in [-0.2, 0) is 4.79 Å². The fourth-order valence-electron chi connectivity index (χ4n) is 1.45. The summed E-state index contributed by atoms with van der Waals surface area (Å²) >= 11 is 0. The minimum absolute atomic E-state index is 0.232. The van der Waals surface area contributed by atoms with Gasteiger partial charge in [-0.1, -0.05) is 12.0 Å². The van der Waals surface area contributed by atoms with E-state index in [1.54, 1.807) is 24.3 Å². The topological polar surface area (TPSA) is 52.9 Å². The predicted molar refractivity (Wildman–Crippen MR) is 60.3 cm³/mol. The van der Waals surface area contributed by atoms with Crippen molar-refractivity contribution >= 4 is 11.6 Å². The number of hydrogen-bond acceptors (Lipinski definition) is 2. The molecule has 0 radical (unpaired) electrons. The number of carbonyl (C=O) groups excluding carboxylic acids is 1. The molecular formula is C13H10N2O. The maximum absolute atomic E-state index is 11.7. The molecule has 0 atom stereocenters. The van der Waals surface area contributed by atoms with Crippen LogP contribution < -0.4 is 5.32 Å². The summed E-state index contributed by atoms with van der Waals surface area (Å²) in [5, 5.41) is 11.6. The molecule has 1 amide bonds. The van der Waals surface area contributed by atoms with Crippen molar-refractivity contribution in [2.24, 2.45) is 5.41 Å². The molecule has 1 N–H and O–H groups in total. The lowest BCUT2D eigenvalue weighted by Crippen LogP contribution is -2.22. The molecule has 0 aromatic heterocycles. The number of anilines is 1. The van der Waals surface area contributed by atoms with Gasteiger partial charge in [-0.2, -0.15) is 5.26 Å². The van der Waals surface area contributed by atoms with E-state index in [9.17, 15) is 4.79 Å². The van der Waals surface area contributed by atoms with E-state index in [2.05, 4.69) is 11.2 Å². The molecule has 0 heterocycles. The van der Waals surface area contributed by atoms with Gasteiger partial charge in [-0.15, -0.1) is 6.42 Å². The smallest absolute Gasteiger partial charge is 0.244 e. The highest BCUT2D eigenvalue weighted by Gasteiger charge is 2.50. The molecule has 0 spiro atoms. The quantitative estimate of drug-likeness (QED) is 0.758. The Morgan fingerprint density at radius 1 is 1.50 bits per heavy atom. The van der Waals surface area contributed by atoms with Gasteiger partial charge in [0.2, 0.25) is 5.91 Å². The fraction of sp³-hybridized carbons (Fsp3) is 0.231. The first-order valence-electron chi connectivity index (χ1n) is 4.99. The number of benzene rings is 1. The van der Waals surface area contributed by atoms with Crippen LogP contribution in [0.1, 0.15) is 18.4 Å². The molecule has 1 saturated carbocycles. The van der Waals surface area contributed by atoms with Crippen molar-refractivity contribution in [3.8, 4) is 18.4 Å². The van der Waals surface area contributed by atoms with Crippen LogP contribution in [0.2, 0.25) is 0 Å². The second kappa shape index (κ2) is 3.72. The van der Waals surface area contributed by atoms with Crippen molar-refractivity contribution < 1.29 is 4.79 Å². The van der Waals surface area contributed by atoms with Crippen molar-refractivity contribution in [3.05, 3.63) is 29.8 Å². The molecule has 1 fully saturated rings. The first-order chi connectivity index (χ1) is 7.70. The number of nitrogens with zero attached hydrogens (tertiary/aromatic N) is 1. The zero-order valence-electron chi connectivity index (χ0n) is 8.66. The average molecular weight is 210 g/mol. The Morgan fingerprint density at radius 3 is 2.81 bits per heavy atom. The average Bonchev–Trinajstić information content (AvgIpc) is 3.10. The highest BCUT2D eigenvalue weighted by atomic mass is 16.2. The normalized spacial score (nSPS) is 15.6. The summed E-state index contributed by atoms with van der Waals surface area (Å²) in [5.41, 5.74) is 0.549. The van der Waals surface area contributed by atoms with Crippen LogP contribution in [0.3, 0.4) is 0 Å². The van der Waals surface area contributed by atoms with Gasteiger partial charge in [0.05, 0.1) is 6.07 Å². The Labute approximate surface area is 94.1 Å². The summed E-state index contributed by atoms with van der Waals surface area (Å²) in [7, 11) is 0. The Hall–Kier alpha value is -2.26. The number of amides is 1. The molecule has 16 heavy (non-hydrogen) atoms. The number of terminal acetylenes is 1.